The van der Waals surface area contributed by atoms with E-state index in [-0.39, 0.29) is 29.9 Å². The Morgan fingerprint density at radius 3 is 2.66 bits per heavy atom. The third-order valence-electron chi connectivity index (χ3n) is 5.24. The van der Waals surface area contributed by atoms with Crippen LogP contribution in [0.4, 0.5) is 5.69 Å². The Hall–Kier alpha value is -3.32. The Bertz CT molecular complexity index is 1150. The van der Waals surface area contributed by atoms with Crippen LogP contribution in [0, 0.1) is 6.92 Å². The summed E-state index contributed by atoms with van der Waals surface area (Å²) >= 11 is 1.22. The van der Waals surface area contributed by atoms with Crippen molar-refractivity contribution in [1.29, 1.82) is 0 Å². The largest absolute Gasteiger partial charge is 0.477 e. The Kier molecular flexibility index (Phi) is 4.06. The molecule has 1 aromatic heterocycles. The number of carboxylic acid groups (broad SMARTS) is 1. The first-order valence-electron chi connectivity index (χ1n) is 9.17. The standard InChI is InChI=1S/C22H17NO5S/c1-11-2-4-12(5-3-11)18-19-20(29-21(18)22(25)26)14(9-17(24)23-19)13-6-7-15-16(8-13)28-10-27-15/h2-8,14H,9-10H2,1H3,(H,23,24)(H,25,26). The Morgan fingerprint density at radius 2 is 1.90 bits per heavy atom. The number of aryl methyl sites for hydroxylation is 1. The summed E-state index contributed by atoms with van der Waals surface area (Å²) < 4.78 is 10.9. The van der Waals surface area contributed by atoms with E-state index in [9.17, 15) is 14.7 Å². The molecule has 0 aliphatic carbocycles. The Labute approximate surface area is 170 Å². The van der Waals surface area contributed by atoms with Crippen LogP contribution in [-0.2, 0) is 4.79 Å². The monoisotopic (exact) mass is 407 g/mol. The zero-order chi connectivity index (χ0) is 20.1. The maximum absolute atomic E-state index is 12.6. The fraction of sp³-hybridized carbons (Fsp3) is 0.182. The van der Waals surface area contributed by atoms with Crippen LogP contribution < -0.4 is 14.8 Å². The van der Waals surface area contributed by atoms with E-state index < -0.39 is 5.97 Å². The van der Waals surface area contributed by atoms with Gasteiger partial charge in [0, 0.05) is 22.8 Å². The summed E-state index contributed by atoms with van der Waals surface area (Å²) in [5, 5.41) is 12.8. The molecule has 0 fully saturated rings. The molecule has 3 aromatic rings. The van der Waals surface area contributed by atoms with E-state index in [4.69, 9.17) is 9.47 Å². The third kappa shape index (κ3) is 2.94. The van der Waals surface area contributed by atoms with Gasteiger partial charge in [-0.25, -0.2) is 4.79 Å². The molecule has 7 heteroatoms. The number of nitrogens with one attached hydrogen (secondary N) is 1. The molecule has 29 heavy (non-hydrogen) atoms. The summed E-state index contributed by atoms with van der Waals surface area (Å²) in [4.78, 5) is 25.6. The lowest BCUT2D eigenvalue weighted by Crippen LogP contribution is -2.22. The van der Waals surface area contributed by atoms with Crippen LogP contribution in [0.25, 0.3) is 11.1 Å². The van der Waals surface area contributed by atoms with Crippen molar-refractivity contribution < 1.29 is 24.2 Å². The molecule has 2 aliphatic rings. The van der Waals surface area contributed by atoms with Crippen molar-refractivity contribution in [3.05, 3.63) is 63.3 Å². The Morgan fingerprint density at radius 1 is 1.14 bits per heavy atom. The molecule has 2 aromatic carbocycles. The molecule has 2 N–H and O–H groups in total. The van der Waals surface area contributed by atoms with E-state index in [1.54, 1.807) is 0 Å². The van der Waals surface area contributed by atoms with Gasteiger partial charge in [-0.2, -0.15) is 0 Å². The van der Waals surface area contributed by atoms with E-state index in [0.717, 1.165) is 21.6 Å². The molecule has 1 atom stereocenters. The van der Waals surface area contributed by atoms with Crippen LogP contribution in [0.1, 0.15) is 38.0 Å². The SMILES string of the molecule is Cc1ccc(-c2c(C(=O)O)sc3c2NC(=O)CC3c2ccc3c(c2)OCO3)cc1. The average Bonchev–Trinajstić information content (AvgIpc) is 3.32. The zero-order valence-electron chi connectivity index (χ0n) is 15.5. The number of benzene rings is 2. The second kappa shape index (κ2) is 6.63. The second-order valence-corrected chi connectivity index (χ2v) is 8.19. The minimum atomic E-state index is -1.00. The predicted octanol–water partition coefficient (Wildman–Crippen LogP) is 4.62. The number of hydrogen-bond donors (Lipinski definition) is 2. The van der Waals surface area contributed by atoms with E-state index in [1.807, 2.05) is 49.4 Å². The maximum atomic E-state index is 12.6. The highest BCUT2D eigenvalue weighted by Gasteiger charge is 2.35. The molecule has 1 unspecified atom stereocenters. The minimum absolute atomic E-state index is 0.136. The van der Waals surface area contributed by atoms with Gasteiger partial charge in [0.25, 0.3) is 0 Å². The third-order valence-corrected chi connectivity index (χ3v) is 6.53. The number of ether oxygens (including phenoxy) is 2. The van der Waals surface area contributed by atoms with Gasteiger partial charge in [0.1, 0.15) is 4.88 Å². The van der Waals surface area contributed by atoms with Crippen molar-refractivity contribution in [2.45, 2.75) is 19.3 Å². The summed E-state index contributed by atoms with van der Waals surface area (Å²) in [5.74, 6) is -0.0618. The van der Waals surface area contributed by atoms with Crippen molar-refractivity contribution in [3.8, 4) is 22.6 Å². The molecule has 0 spiro atoms. The molecule has 3 heterocycles. The van der Waals surface area contributed by atoms with Crippen LogP contribution in [0.2, 0.25) is 0 Å². The lowest BCUT2D eigenvalue weighted by atomic mass is 9.88. The first kappa shape index (κ1) is 17.8. The fourth-order valence-corrected chi connectivity index (χ4v) is 5.08. The number of thiophene rings is 1. The Balaban J connectivity index is 1.68. The normalized spacial score (nSPS) is 17.0. The number of fused-ring (bicyclic) bond motifs is 2. The van der Waals surface area contributed by atoms with Crippen molar-refractivity contribution in [2.75, 3.05) is 12.1 Å². The molecule has 2 aliphatic heterocycles. The molecule has 0 saturated carbocycles. The van der Waals surface area contributed by atoms with Crippen molar-refractivity contribution in [3.63, 3.8) is 0 Å². The highest BCUT2D eigenvalue weighted by atomic mass is 32.1. The number of aromatic carboxylic acids is 1. The van der Waals surface area contributed by atoms with Crippen LogP contribution in [0.5, 0.6) is 11.5 Å². The van der Waals surface area contributed by atoms with Crippen LogP contribution in [-0.4, -0.2) is 23.8 Å². The van der Waals surface area contributed by atoms with Crippen LogP contribution >= 0.6 is 11.3 Å². The summed E-state index contributed by atoms with van der Waals surface area (Å²) in [5.41, 5.74) is 3.92. The number of anilines is 1. The van der Waals surface area contributed by atoms with E-state index in [0.29, 0.717) is 22.7 Å². The van der Waals surface area contributed by atoms with Gasteiger partial charge in [0.15, 0.2) is 11.5 Å². The summed E-state index contributed by atoms with van der Waals surface area (Å²) in [6.07, 6.45) is 0.250. The topological polar surface area (TPSA) is 84.9 Å². The number of carbonyl (C=O) groups is 2. The highest BCUT2D eigenvalue weighted by molar-refractivity contribution is 7.15. The van der Waals surface area contributed by atoms with Gasteiger partial charge in [-0.1, -0.05) is 35.9 Å². The van der Waals surface area contributed by atoms with Crippen molar-refractivity contribution in [1.82, 2.24) is 0 Å². The van der Waals surface area contributed by atoms with Crippen LogP contribution in [0.3, 0.4) is 0 Å². The molecule has 6 nitrogen and oxygen atoms in total. The molecular weight excluding hydrogens is 390 g/mol. The summed E-state index contributed by atoms with van der Waals surface area (Å²) in [6, 6.07) is 13.3. The number of carboxylic acids is 1. The zero-order valence-corrected chi connectivity index (χ0v) is 16.3. The van der Waals surface area contributed by atoms with E-state index >= 15 is 0 Å². The van der Waals surface area contributed by atoms with Gasteiger partial charge in [0.2, 0.25) is 12.7 Å². The lowest BCUT2D eigenvalue weighted by molar-refractivity contribution is -0.116. The number of carbonyl (C=O) groups excluding carboxylic acids is 1. The number of rotatable bonds is 3. The maximum Gasteiger partial charge on any atom is 0.346 e. The average molecular weight is 407 g/mol. The molecular formula is C22H17NO5S. The van der Waals surface area contributed by atoms with Gasteiger partial charge >= 0.3 is 5.97 Å². The smallest absolute Gasteiger partial charge is 0.346 e. The first-order chi connectivity index (χ1) is 14.0. The lowest BCUT2D eigenvalue weighted by Gasteiger charge is -2.24. The van der Waals surface area contributed by atoms with Gasteiger partial charge in [0.05, 0.1) is 5.69 Å². The van der Waals surface area contributed by atoms with Gasteiger partial charge in [-0.05, 0) is 30.2 Å². The van der Waals surface area contributed by atoms with Gasteiger partial charge in [-0.3, -0.25) is 4.79 Å². The molecule has 0 radical (unpaired) electrons. The number of hydrogen-bond acceptors (Lipinski definition) is 5. The highest BCUT2D eigenvalue weighted by Crippen LogP contribution is 2.50. The number of amides is 1. The summed E-state index contributed by atoms with van der Waals surface area (Å²) in [6.45, 7) is 2.15. The van der Waals surface area contributed by atoms with Crippen molar-refractivity contribution in [2.24, 2.45) is 0 Å². The second-order valence-electron chi connectivity index (χ2n) is 7.13. The van der Waals surface area contributed by atoms with Crippen molar-refractivity contribution >= 4 is 28.9 Å². The van der Waals surface area contributed by atoms with Crippen LogP contribution in [0.15, 0.2) is 42.5 Å². The fourth-order valence-electron chi connectivity index (χ4n) is 3.83. The summed E-state index contributed by atoms with van der Waals surface area (Å²) in [7, 11) is 0. The molecule has 0 bridgehead atoms. The molecule has 146 valence electrons. The minimum Gasteiger partial charge on any atom is -0.477 e. The molecule has 5 rings (SSSR count). The van der Waals surface area contributed by atoms with Gasteiger partial charge < -0.3 is 19.9 Å². The predicted molar refractivity (Wildman–Crippen MR) is 109 cm³/mol. The first-order valence-corrected chi connectivity index (χ1v) is 9.99. The quantitative estimate of drug-likeness (QED) is 0.662. The molecule has 0 saturated heterocycles. The van der Waals surface area contributed by atoms with E-state index in [2.05, 4.69) is 5.32 Å². The molecule has 1 amide bonds. The van der Waals surface area contributed by atoms with E-state index in [1.165, 1.54) is 11.3 Å². The van der Waals surface area contributed by atoms with Gasteiger partial charge in [-0.15, -0.1) is 11.3 Å².